The summed E-state index contributed by atoms with van der Waals surface area (Å²) in [5.74, 6) is -2.30. The molecule has 116 valence electrons. The topological polar surface area (TPSA) is 100 Å². The summed E-state index contributed by atoms with van der Waals surface area (Å²) in [6.45, 7) is 1.02. The van der Waals surface area contributed by atoms with Gasteiger partial charge in [0.1, 0.15) is 6.04 Å². The number of aliphatic carboxylic acids is 1. The van der Waals surface area contributed by atoms with E-state index in [2.05, 4.69) is 15.5 Å². The lowest BCUT2D eigenvalue weighted by atomic mass is 10.3. The molecule has 1 aromatic heterocycles. The second-order valence-electron chi connectivity index (χ2n) is 4.52. The van der Waals surface area contributed by atoms with Crippen molar-refractivity contribution >= 4 is 12.0 Å². The number of aromatic nitrogens is 3. The zero-order valence-corrected chi connectivity index (χ0v) is 10.9. The number of carboxylic acids is 1. The number of carbonyl (C=O) groups excluding carboxylic acids is 1. The van der Waals surface area contributed by atoms with Crippen LogP contribution in [0, 0.1) is 0 Å². The Morgan fingerprint density at radius 2 is 2.00 bits per heavy atom. The zero-order chi connectivity index (χ0) is 15.8. The molecule has 1 aliphatic rings. The number of carbonyl (C=O) groups is 2. The maximum Gasteiger partial charge on any atom is 0.451 e. The SMILES string of the molecule is CC(NC(=O)N1CCn2c(nnc2C(F)(F)F)C1)C(=O)O. The third-order valence-corrected chi connectivity index (χ3v) is 3.00. The van der Waals surface area contributed by atoms with E-state index in [9.17, 15) is 22.8 Å². The maximum absolute atomic E-state index is 12.6. The number of hydrogen-bond donors (Lipinski definition) is 2. The molecule has 1 unspecified atom stereocenters. The van der Waals surface area contributed by atoms with Crippen molar-refractivity contribution in [3.8, 4) is 0 Å². The van der Waals surface area contributed by atoms with Crippen LogP contribution in [0.2, 0.25) is 0 Å². The van der Waals surface area contributed by atoms with E-state index in [0.29, 0.717) is 0 Å². The Labute approximate surface area is 116 Å². The minimum Gasteiger partial charge on any atom is -0.480 e. The van der Waals surface area contributed by atoms with E-state index in [1.807, 2.05) is 0 Å². The molecule has 0 aliphatic carbocycles. The van der Waals surface area contributed by atoms with Crippen LogP contribution in [0.15, 0.2) is 0 Å². The number of hydrogen-bond acceptors (Lipinski definition) is 4. The van der Waals surface area contributed by atoms with Gasteiger partial charge >= 0.3 is 18.2 Å². The van der Waals surface area contributed by atoms with Gasteiger partial charge in [0.25, 0.3) is 0 Å². The fourth-order valence-electron chi connectivity index (χ4n) is 1.88. The van der Waals surface area contributed by atoms with Crippen molar-refractivity contribution in [2.75, 3.05) is 6.54 Å². The quantitative estimate of drug-likeness (QED) is 0.818. The van der Waals surface area contributed by atoms with Gasteiger partial charge in [-0.1, -0.05) is 0 Å². The van der Waals surface area contributed by atoms with Gasteiger partial charge in [-0.05, 0) is 6.92 Å². The summed E-state index contributed by atoms with van der Waals surface area (Å²) in [5.41, 5.74) is 0. The number of amides is 2. The van der Waals surface area contributed by atoms with Gasteiger partial charge in [0.05, 0.1) is 6.54 Å². The summed E-state index contributed by atoms with van der Waals surface area (Å²) in [5, 5.41) is 17.4. The average molecular weight is 307 g/mol. The molecule has 0 bridgehead atoms. The van der Waals surface area contributed by atoms with Crippen molar-refractivity contribution in [3.05, 3.63) is 11.6 Å². The van der Waals surface area contributed by atoms with Crippen LogP contribution >= 0.6 is 0 Å². The summed E-state index contributed by atoms with van der Waals surface area (Å²) in [6, 6.07) is -1.77. The molecule has 0 saturated heterocycles. The Kier molecular flexibility index (Phi) is 3.75. The number of carboxylic acid groups (broad SMARTS) is 1. The molecule has 2 rings (SSSR count). The molecule has 1 aliphatic heterocycles. The number of alkyl halides is 3. The molecular formula is C10H12F3N5O3. The molecule has 2 amide bonds. The summed E-state index contributed by atoms with van der Waals surface area (Å²) < 4.78 is 38.8. The highest BCUT2D eigenvalue weighted by Gasteiger charge is 2.40. The molecule has 0 spiro atoms. The highest BCUT2D eigenvalue weighted by Crippen LogP contribution is 2.29. The van der Waals surface area contributed by atoms with E-state index in [1.165, 1.54) is 11.8 Å². The third kappa shape index (κ3) is 3.06. The summed E-state index contributed by atoms with van der Waals surface area (Å²) in [6.07, 6.45) is -4.60. The van der Waals surface area contributed by atoms with Crippen LogP contribution in [0.3, 0.4) is 0 Å². The molecular weight excluding hydrogens is 295 g/mol. The van der Waals surface area contributed by atoms with Crippen molar-refractivity contribution < 1.29 is 27.9 Å². The van der Waals surface area contributed by atoms with E-state index in [0.717, 1.165) is 4.57 Å². The zero-order valence-electron chi connectivity index (χ0n) is 10.9. The molecule has 0 fully saturated rings. The second-order valence-corrected chi connectivity index (χ2v) is 4.52. The Bertz CT molecular complexity index is 571. The highest BCUT2D eigenvalue weighted by atomic mass is 19.4. The largest absolute Gasteiger partial charge is 0.480 e. The number of nitrogens with zero attached hydrogens (tertiary/aromatic N) is 4. The highest BCUT2D eigenvalue weighted by molar-refractivity contribution is 5.82. The molecule has 0 aromatic carbocycles. The number of rotatable bonds is 2. The molecule has 1 atom stereocenters. The second kappa shape index (κ2) is 5.22. The Hall–Kier alpha value is -2.33. The lowest BCUT2D eigenvalue weighted by Crippen LogP contribution is -2.49. The number of nitrogens with one attached hydrogen (secondary N) is 1. The maximum atomic E-state index is 12.6. The first-order valence-electron chi connectivity index (χ1n) is 5.97. The van der Waals surface area contributed by atoms with E-state index < -0.39 is 30.0 Å². The van der Waals surface area contributed by atoms with Gasteiger partial charge in [-0.2, -0.15) is 13.2 Å². The predicted octanol–water partition coefficient (Wildman–Crippen LogP) is 0.295. The first-order valence-corrected chi connectivity index (χ1v) is 5.97. The smallest absolute Gasteiger partial charge is 0.451 e. The van der Waals surface area contributed by atoms with Crippen LogP contribution in [0.25, 0.3) is 0 Å². The lowest BCUT2D eigenvalue weighted by Gasteiger charge is -2.28. The van der Waals surface area contributed by atoms with Gasteiger partial charge < -0.3 is 19.9 Å². The predicted molar refractivity (Wildman–Crippen MR) is 61.1 cm³/mol. The van der Waals surface area contributed by atoms with E-state index in [1.54, 1.807) is 0 Å². The number of fused-ring (bicyclic) bond motifs is 1. The van der Waals surface area contributed by atoms with E-state index >= 15 is 0 Å². The van der Waals surface area contributed by atoms with Crippen LogP contribution in [0.5, 0.6) is 0 Å². The molecule has 21 heavy (non-hydrogen) atoms. The summed E-state index contributed by atoms with van der Waals surface area (Å²) in [4.78, 5) is 23.6. The molecule has 0 radical (unpaired) electrons. The minimum absolute atomic E-state index is 0.00621. The van der Waals surface area contributed by atoms with Gasteiger partial charge in [-0.15, -0.1) is 10.2 Å². The molecule has 2 N–H and O–H groups in total. The van der Waals surface area contributed by atoms with Crippen molar-refractivity contribution in [1.29, 1.82) is 0 Å². The average Bonchev–Trinajstić information content (AvgIpc) is 2.80. The third-order valence-electron chi connectivity index (χ3n) is 3.00. The van der Waals surface area contributed by atoms with E-state index in [-0.39, 0.29) is 25.5 Å². The van der Waals surface area contributed by atoms with E-state index in [4.69, 9.17) is 5.11 Å². The first-order chi connectivity index (χ1) is 9.70. The van der Waals surface area contributed by atoms with Crippen LogP contribution in [-0.4, -0.2) is 49.4 Å². The van der Waals surface area contributed by atoms with Gasteiger partial charge in [0.2, 0.25) is 5.82 Å². The van der Waals surface area contributed by atoms with Crippen molar-refractivity contribution in [1.82, 2.24) is 25.0 Å². The molecule has 2 heterocycles. The van der Waals surface area contributed by atoms with Gasteiger partial charge in [-0.3, -0.25) is 4.79 Å². The van der Waals surface area contributed by atoms with Crippen LogP contribution in [-0.2, 0) is 24.1 Å². The monoisotopic (exact) mass is 307 g/mol. The standard InChI is InChI=1S/C10H12F3N5O3/c1-5(7(19)20)14-9(21)17-2-3-18-6(4-17)15-16-8(18)10(11,12)13/h5H,2-4H2,1H3,(H,14,21)(H,19,20). The van der Waals surface area contributed by atoms with Crippen molar-refractivity contribution in [2.45, 2.75) is 32.2 Å². The summed E-state index contributed by atoms with van der Waals surface area (Å²) >= 11 is 0. The van der Waals surface area contributed by atoms with Gasteiger partial charge in [0.15, 0.2) is 5.82 Å². The number of urea groups is 1. The number of halogens is 3. The van der Waals surface area contributed by atoms with Crippen LogP contribution in [0.1, 0.15) is 18.6 Å². The first kappa shape index (κ1) is 15.1. The Morgan fingerprint density at radius 3 is 2.57 bits per heavy atom. The molecule has 0 saturated carbocycles. The fraction of sp³-hybridized carbons (Fsp3) is 0.600. The van der Waals surface area contributed by atoms with Crippen LogP contribution in [0.4, 0.5) is 18.0 Å². The van der Waals surface area contributed by atoms with Crippen LogP contribution < -0.4 is 5.32 Å². The van der Waals surface area contributed by atoms with Crippen molar-refractivity contribution in [3.63, 3.8) is 0 Å². The Balaban J connectivity index is 2.09. The van der Waals surface area contributed by atoms with Gasteiger partial charge in [-0.25, -0.2) is 4.79 Å². The molecule has 11 heteroatoms. The molecule has 8 nitrogen and oxygen atoms in total. The summed E-state index contributed by atoms with van der Waals surface area (Å²) in [7, 11) is 0. The fourth-order valence-corrected chi connectivity index (χ4v) is 1.88. The lowest BCUT2D eigenvalue weighted by molar-refractivity contribution is -0.148. The minimum atomic E-state index is -4.60. The molecule has 1 aromatic rings. The normalized spacial score (nSPS) is 16.3. The Morgan fingerprint density at radius 1 is 1.33 bits per heavy atom. The van der Waals surface area contributed by atoms with Gasteiger partial charge in [0, 0.05) is 13.1 Å². The van der Waals surface area contributed by atoms with Crippen molar-refractivity contribution in [2.24, 2.45) is 0 Å².